The molecule has 1 amide bonds. The fourth-order valence-electron chi connectivity index (χ4n) is 3.95. The number of halogens is 2. The SMILES string of the molecule is Cc1cc(Nc2cccc(C(=O)Nc3ccc(Nc4c(Cl)c(Cl)nc5ccc([N+](=O)[O-])cc45)cc3)c2)ccn1. The van der Waals surface area contributed by atoms with Gasteiger partial charge in [0.15, 0.2) is 0 Å². The average molecular weight is 559 g/mol. The molecule has 194 valence electrons. The lowest BCUT2D eigenvalue weighted by Gasteiger charge is -2.13. The van der Waals surface area contributed by atoms with E-state index in [0.717, 1.165) is 17.1 Å². The Kier molecular flexibility index (Phi) is 7.27. The maximum atomic E-state index is 12.9. The first kappa shape index (κ1) is 25.9. The zero-order valence-electron chi connectivity index (χ0n) is 20.4. The fourth-order valence-corrected chi connectivity index (χ4v) is 4.32. The van der Waals surface area contributed by atoms with Gasteiger partial charge in [0.25, 0.3) is 11.6 Å². The highest BCUT2D eigenvalue weighted by atomic mass is 35.5. The van der Waals surface area contributed by atoms with E-state index in [2.05, 4.69) is 25.9 Å². The minimum atomic E-state index is -0.491. The van der Waals surface area contributed by atoms with Crippen LogP contribution >= 0.6 is 23.2 Å². The monoisotopic (exact) mass is 558 g/mol. The number of carbonyl (C=O) groups is 1. The number of fused-ring (bicyclic) bond motifs is 1. The van der Waals surface area contributed by atoms with Crippen molar-refractivity contribution in [3.63, 3.8) is 0 Å². The van der Waals surface area contributed by atoms with Crippen molar-refractivity contribution in [3.8, 4) is 0 Å². The Bertz CT molecular complexity index is 1730. The number of non-ortho nitro benzene ring substituents is 1. The van der Waals surface area contributed by atoms with Gasteiger partial charge in [0, 0.05) is 57.7 Å². The molecule has 2 heterocycles. The number of aromatic nitrogens is 2. The first-order valence-electron chi connectivity index (χ1n) is 11.7. The summed E-state index contributed by atoms with van der Waals surface area (Å²) < 4.78 is 0. The Hall–Kier alpha value is -4.73. The molecule has 0 aliphatic carbocycles. The number of anilines is 5. The molecule has 3 N–H and O–H groups in total. The Morgan fingerprint density at radius 1 is 0.872 bits per heavy atom. The number of hydrogen-bond donors (Lipinski definition) is 3. The molecule has 0 radical (unpaired) electrons. The van der Waals surface area contributed by atoms with E-state index in [1.165, 1.54) is 18.2 Å². The summed E-state index contributed by atoms with van der Waals surface area (Å²) in [6.07, 6.45) is 1.72. The van der Waals surface area contributed by atoms with E-state index in [1.807, 2.05) is 25.1 Å². The lowest BCUT2D eigenvalue weighted by Crippen LogP contribution is -2.12. The number of nitro benzene ring substituents is 1. The molecule has 2 aromatic heterocycles. The van der Waals surface area contributed by atoms with Crippen molar-refractivity contribution >= 4 is 74.1 Å². The molecule has 11 heteroatoms. The van der Waals surface area contributed by atoms with Gasteiger partial charge < -0.3 is 16.0 Å². The Balaban J connectivity index is 1.32. The molecule has 0 unspecified atom stereocenters. The van der Waals surface area contributed by atoms with Gasteiger partial charge in [-0.05, 0) is 67.6 Å². The zero-order valence-corrected chi connectivity index (χ0v) is 21.9. The molecular formula is C28H20Cl2N6O3. The third-order valence-corrected chi connectivity index (χ3v) is 6.54. The quantitative estimate of drug-likeness (QED) is 0.105. The van der Waals surface area contributed by atoms with E-state index < -0.39 is 4.92 Å². The third kappa shape index (κ3) is 5.90. The maximum absolute atomic E-state index is 12.9. The largest absolute Gasteiger partial charge is 0.355 e. The molecule has 0 saturated heterocycles. The van der Waals surface area contributed by atoms with Gasteiger partial charge in [0.2, 0.25) is 0 Å². The number of hydrogen-bond acceptors (Lipinski definition) is 7. The summed E-state index contributed by atoms with van der Waals surface area (Å²) >= 11 is 12.6. The van der Waals surface area contributed by atoms with Gasteiger partial charge in [-0.15, -0.1) is 0 Å². The van der Waals surface area contributed by atoms with Crippen LogP contribution in [-0.2, 0) is 0 Å². The van der Waals surface area contributed by atoms with E-state index in [4.69, 9.17) is 23.2 Å². The van der Waals surface area contributed by atoms with Crippen LogP contribution in [0, 0.1) is 17.0 Å². The summed E-state index contributed by atoms with van der Waals surface area (Å²) in [4.78, 5) is 32.1. The number of nitro groups is 1. The summed E-state index contributed by atoms with van der Waals surface area (Å²) in [6.45, 7) is 1.91. The second kappa shape index (κ2) is 10.9. The summed E-state index contributed by atoms with van der Waals surface area (Å²) in [5.41, 5.74) is 4.97. The highest BCUT2D eigenvalue weighted by molar-refractivity contribution is 6.44. The number of nitrogens with one attached hydrogen (secondary N) is 3. The molecule has 0 aliphatic rings. The number of rotatable bonds is 7. The van der Waals surface area contributed by atoms with E-state index in [1.54, 1.807) is 48.7 Å². The van der Waals surface area contributed by atoms with E-state index >= 15 is 0 Å². The smallest absolute Gasteiger partial charge is 0.270 e. The predicted molar refractivity (Wildman–Crippen MR) is 155 cm³/mol. The zero-order chi connectivity index (χ0) is 27.5. The Morgan fingerprint density at radius 2 is 1.62 bits per heavy atom. The second-order valence-corrected chi connectivity index (χ2v) is 9.33. The van der Waals surface area contributed by atoms with Gasteiger partial charge >= 0.3 is 0 Å². The van der Waals surface area contributed by atoms with Crippen molar-refractivity contribution in [3.05, 3.63) is 117 Å². The number of nitrogens with zero attached hydrogens (tertiary/aromatic N) is 3. The molecule has 0 fully saturated rings. The van der Waals surface area contributed by atoms with Crippen molar-refractivity contribution in [2.75, 3.05) is 16.0 Å². The van der Waals surface area contributed by atoms with Crippen LogP contribution in [0.15, 0.2) is 85.1 Å². The van der Waals surface area contributed by atoms with Crippen LogP contribution in [0.5, 0.6) is 0 Å². The van der Waals surface area contributed by atoms with Crippen LogP contribution in [0.25, 0.3) is 10.9 Å². The van der Waals surface area contributed by atoms with Crippen LogP contribution in [-0.4, -0.2) is 20.8 Å². The fraction of sp³-hybridized carbons (Fsp3) is 0.0357. The van der Waals surface area contributed by atoms with Gasteiger partial charge in [0.1, 0.15) is 10.2 Å². The van der Waals surface area contributed by atoms with Crippen molar-refractivity contribution in [2.45, 2.75) is 6.92 Å². The molecule has 0 atom stereocenters. The summed E-state index contributed by atoms with van der Waals surface area (Å²) in [5, 5.41) is 21.3. The summed E-state index contributed by atoms with van der Waals surface area (Å²) in [5.74, 6) is -0.271. The number of pyridine rings is 2. The van der Waals surface area contributed by atoms with Crippen molar-refractivity contribution in [1.82, 2.24) is 9.97 Å². The Labute approximate surface area is 233 Å². The molecule has 39 heavy (non-hydrogen) atoms. The molecule has 0 aliphatic heterocycles. The van der Waals surface area contributed by atoms with Crippen molar-refractivity contribution in [2.24, 2.45) is 0 Å². The first-order valence-corrected chi connectivity index (χ1v) is 12.4. The molecule has 0 bridgehead atoms. The van der Waals surface area contributed by atoms with Crippen LogP contribution in [0.2, 0.25) is 10.2 Å². The molecule has 9 nitrogen and oxygen atoms in total. The number of aryl methyl sites for hydroxylation is 1. The molecule has 0 spiro atoms. The lowest BCUT2D eigenvalue weighted by atomic mass is 10.1. The van der Waals surface area contributed by atoms with Crippen LogP contribution < -0.4 is 16.0 Å². The summed E-state index contributed by atoms with van der Waals surface area (Å²) in [6, 6.07) is 22.1. The standard InChI is InChI=1S/C28H20Cl2N6O3/c1-16-13-21(11-12-31-16)32-20-4-2-3-17(14-20)28(37)34-19-7-5-18(6-8-19)33-26-23-15-22(36(38)39)9-10-24(23)35-27(30)25(26)29/h2-15H,1H3,(H,31,32)(H,33,35)(H,34,37). The molecule has 5 rings (SSSR count). The number of benzene rings is 3. The van der Waals surface area contributed by atoms with Gasteiger partial charge in [-0.1, -0.05) is 29.3 Å². The van der Waals surface area contributed by atoms with Crippen molar-refractivity contribution in [1.29, 1.82) is 0 Å². The summed E-state index contributed by atoms with van der Waals surface area (Å²) in [7, 11) is 0. The normalized spacial score (nSPS) is 10.7. The van der Waals surface area contributed by atoms with E-state index in [9.17, 15) is 14.9 Å². The number of carbonyl (C=O) groups excluding carboxylic acids is 1. The van der Waals surface area contributed by atoms with Gasteiger partial charge in [-0.25, -0.2) is 4.98 Å². The highest BCUT2D eigenvalue weighted by Gasteiger charge is 2.16. The minimum Gasteiger partial charge on any atom is -0.355 e. The van der Waals surface area contributed by atoms with Crippen LogP contribution in [0.1, 0.15) is 16.1 Å². The Morgan fingerprint density at radius 3 is 2.36 bits per heavy atom. The average Bonchev–Trinajstić information content (AvgIpc) is 2.92. The number of amides is 1. The molecule has 3 aromatic carbocycles. The molecule has 5 aromatic rings. The van der Waals surface area contributed by atoms with Gasteiger partial charge in [-0.2, -0.15) is 0 Å². The lowest BCUT2D eigenvalue weighted by molar-refractivity contribution is -0.384. The highest BCUT2D eigenvalue weighted by Crippen LogP contribution is 2.38. The molecular weight excluding hydrogens is 539 g/mol. The third-order valence-electron chi connectivity index (χ3n) is 5.80. The topological polar surface area (TPSA) is 122 Å². The maximum Gasteiger partial charge on any atom is 0.270 e. The van der Waals surface area contributed by atoms with Gasteiger partial charge in [-0.3, -0.25) is 19.9 Å². The van der Waals surface area contributed by atoms with E-state index in [0.29, 0.717) is 33.5 Å². The minimum absolute atomic E-state index is 0.0696. The second-order valence-electron chi connectivity index (χ2n) is 8.60. The van der Waals surface area contributed by atoms with Gasteiger partial charge in [0.05, 0.1) is 16.1 Å². The van der Waals surface area contributed by atoms with E-state index in [-0.39, 0.29) is 21.8 Å². The van der Waals surface area contributed by atoms with Crippen molar-refractivity contribution < 1.29 is 9.72 Å². The predicted octanol–water partition coefficient (Wildman–Crippen LogP) is 7.89. The first-order chi connectivity index (χ1) is 18.8. The molecule has 0 saturated carbocycles. The van der Waals surface area contributed by atoms with Crippen LogP contribution in [0.4, 0.5) is 34.1 Å². The van der Waals surface area contributed by atoms with Crippen LogP contribution in [0.3, 0.4) is 0 Å².